The molecule has 4 aromatic rings. The van der Waals surface area contributed by atoms with E-state index >= 15 is 0 Å². The molecule has 0 saturated carbocycles. The Bertz CT molecular complexity index is 943. The maximum absolute atomic E-state index is 6.10. The molecule has 0 aromatic heterocycles. The van der Waals surface area contributed by atoms with E-state index in [0.717, 1.165) is 11.1 Å². The molecule has 4 aromatic carbocycles. The zero-order valence-corrected chi connectivity index (χ0v) is 13.4. The Morgan fingerprint density at radius 3 is 1.92 bits per heavy atom. The molecular weight excluding hydrogens is 292 g/mol. The molecule has 0 N–H and O–H groups in total. The normalized spacial score (nSPS) is 10.7. The van der Waals surface area contributed by atoms with Crippen LogP contribution in [0.25, 0.3) is 21.9 Å². The Labute approximate surface area is 142 Å². The molecular formula is C23H18O. The van der Waals surface area contributed by atoms with Crippen LogP contribution < -0.4 is 4.74 Å². The van der Waals surface area contributed by atoms with Gasteiger partial charge in [-0.2, -0.15) is 0 Å². The number of hydrogen-bond donors (Lipinski definition) is 0. The van der Waals surface area contributed by atoms with Gasteiger partial charge in [0.2, 0.25) is 0 Å². The predicted molar refractivity (Wildman–Crippen MR) is 100 cm³/mol. The largest absolute Gasteiger partial charge is 0.488 e. The van der Waals surface area contributed by atoms with Gasteiger partial charge in [0, 0.05) is 5.39 Å². The minimum Gasteiger partial charge on any atom is -0.488 e. The fourth-order valence-electron chi connectivity index (χ4n) is 3.00. The predicted octanol–water partition coefficient (Wildman–Crippen LogP) is 6.09. The summed E-state index contributed by atoms with van der Waals surface area (Å²) in [7, 11) is 0. The van der Waals surface area contributed by atoms with E-state index in [-0.39, 0.29) is 0 Å². The molecule has 0 unspecified atom stereocenters. The molecule has 0 heterocycles. The van der Waals surface area contributed by atoms with E-state index in [1.165, 1.54) is 22.1 Å². The van der Waals surface area contributed by atoms with Crippen molar-refractivity contribution in [1.29, 1.82) is 0 Å². The standard InChI is InChI=1S/C23H18O/c1-3-9-18(10-4-1)17-24-23-16-15-20(19-11-5-2-6-12-19)21-13-7-8-14-22(21)23/h1-16H,17H2. The molecule has 0 radical (unpaired) electrons. The molecule has 0 spiro atoms. The summed E-state index contributed by atoms with van der Waals surface area (Å²) in [5.74, 6) is 0.925. The first-order chi connectivity index (χ1) is 11.9. The van der Waals surface area contributed by atoms with E-state index < -0.39 is 0 Å². The molecule has 0 aliphatic heterocycles. The van der Waals surface area contributed by atoms with Crippen LogP contribution in [0.1, 0.15) is 5.56 Å². The molecule has 0 aliphatic carbocycles. The van der Waals surface area contributed by atoms with Gasteiger partial charge in [-0.1, -0.05) is 91.0 Å². The zero-order valence-electron chi connectivity index (χ0n) is 13.4. The molecule has 4 rings (SSSR count). The molecule has 0 amide bonds. The van der Waals surface area contributed by atoms with Gasteiger partial charge < -0.3 is 4.74 Å². The van der Waals surface area contributed by atoms with E-state index in [0.29, 0.717) is 6.61 Å². The summed E-state index contributed by atoms with van der Waals surface area (Å²) < 4.78 is 6.10. The highest BCUT2D eigenvalue weighted by Gasteiger charge is 2.08. The second kappa shape index (κ2) is 6.59. The van der Waals surface area contributed by atoms with Crippen LogP contribution in [0.2, 0.25) is 0 Å². The summed E-state index contributed by atoms with van der Waals surface area (Å²) in [5, 5.41) is 2.36. The van der Waals surface area contributed by atoms with Crippen molar-refractivity contribution in [2.45, 2.75) is 6.61 Å². The number of benzene rings is 4. The average Bonchev–Trinajstić information content (AvgIpc) is 2.67. The molecule has 1 nitrogen and oxygen atoms in total. The first-order valence-corrected chi connectivity index (χ1v) is 8.16. The minimum absolute atomic E-state index is 0.579. The number of rotatable bonds is 4. The lowest BCUT2D eigenvalue weighted by Gasteiger charge is -2.13. The molecule has 0 fully saturated rings. The molecule has 0 atom stereocenters. The molecule has 1 heteroatoms. The second-order valence-electron chi connectivity index (χ2n) is 5.80. The average molecular weight is 310 g/mol. The lowest BCUT2D eigenvalue weighted by atomic mass is 9.98. The highest BCUT2D eigenvalue weighted by molar-refractivity contribution is 6.00. The Hall–Kier alpha value is -3.06. The topological polar surface area (TPSA) is 9.23 Å². The number of ether oxygens (including phenoxy) is 1. The van der Waals surface area contributed by atoms with Crippen molar-refractivity contribution in [3.05, 3.63) is 103 Å². The van der Waals surface area contributed by atoms with Crippen LogP contribution in [0.15, 0.2) is 97.1 Å². The highest BCUT2D eigenvalue weighted by atomic mass is 16.5. The number of fused-ring (bicyclic) bond motifs is 1. The SMILES string of the molecule is c1ccc(COc2ccc(-c3ccccc3)c3ccccc23)cc1. The molecule has 0 bridgehead atoms. The van der Waals surface area contributed by atoms with Crippen LogP contribution in [0.5, 0.6) is 5.75 Å². The van der Waals surface area contributed by atoms with Gasteiger partial charge >= 0.3 is 0 Å². The van der Waals surface area contributed by atoms with Gasteiger partial charge in [-0.15, -0.1) is 0 Å². The smallest absolute Gasteiger partial charge is 0.127 e. The summed E-state index contributed by atoms with van der Waals surface area (Å²) in [4.78, 5) is 0. The number of hydrogen-bond acceptors (Lipinski definition) is 1. The molecule has 116 valence electrons. The summed E-state index contributed by atoms with van der Waals surface area (Å²) >= 11 is 0. The van der Waals surface area contributed by atoms with Gasteiger partial charge in [0.15, 0.2) is 0 Å². The van der Waals surface area contributed by atoms with Crippen LogP contribution in [0.4, 0.5) is 0 Å². The Kier molecular flexibility index (Phi) is 3.99. The maximum Gasteiger partial charge on any atom is 0.127 e. The van der Waals surface area contributed by atoms with E-state index in [4.69, 9.17) is 4.74 Å². The first kappa shape index (κ1) is 14.5. The van der Waals surface area contributed by atoms with Gasteiger partial charge in [-0.05, 0) is 28.1 Å². The van der Waals surface area contributed by atoms with Crippen LogP contribution >= 0.6 is 0 Å². The summed E-state index contributed by atoms with van der Waals surface area (Å²) in [6, 6.07) is 33.4. The van der Waals surface area contributed by atoms with Crippen LogP contribution in [0, 0.1) is 0 Å². The van der Waals surface area contributed by atoms with Crippen LogP contribution in [0.3, 0.4) is 0 Å². The van der Waals surface area contributed by atoms with Gasteiger partial charge in [0.1, 0.15) is 12.4 Å². The fraction of sp³-hybridized carbons (Fsp3) is 0.0435. The van der Waals surface area contributed by atoms with Crippen molar-refractivity contribution in [2.75, 3.05) is 0 Å². The molecule has 24 heavy (non-hydrogen) atoms. The lowest BCUT2D eigenvalue weighted by molar-refractivity contribution is 0.310. The van der Waals surface area contributed by atoms with Crippen molar-refractivity contribution in [1.82, 2.24) is 0 Å². The lowest BCUT2D eigenvalue weighted by Crippen LogP contribution is -1.96. The molecule has 0 aliphatic rings. The summed E-state index contributed by atoms with van der Waals surface area (Å²) in [6.45, 7) is 0.579. The van der Waals surface area contributed by atoms with Gasteiger partial charge in [0.05, 0.1) is 0 Å². The maximum atomic E-state index is 6.10. The third kappa shape index (κ3) is 2.89. The zero-order chi connectivity index (χ0) is 16.2. The van der Waals surface area contributed by atoms with Gasteiger partial charge in [0.25, 0.3) is 0 Å². The van der Waals surface area contributed by atoms with E-state index in [1.54, 1.807) is 0 Å². The monoisotopic (exact) mass is 310 g/mol. The Morgan fingerprint density at radius 2 is 1.17 bits per heavy atom. The summed E-state index contributed by atoms with van der Waals surface area (Å²) in [6.07, 6.45) is 0. The fourth-order valence-corrected chi connectivity index (χ4v) is 3.00. The third-order valence-electron chi connectivity index (χ3n) is 4.21. The van der Waals surface area contributed by atoms with Gasteiger partial charge in [-0.3, -0.25) is 0 Å². The van der Waals surface area contributed by atoms with Crippen LogP contribution in [-0.4, -0.2) is 0 Å². The van der Waals surface area contributed by atoms with Crippen LogP contribution in [-0.2, 0) is 6.61 Å². The quantitative estimate of drug-likeness (QED) is 0.443. The highest BCUT2D eigenvalue weighted by Crippen LogP contribution is 2.34. The third-order valence-corrected chi connectivity index (χ3v) is 4.21. The first-order valence-electron chi connectivity index (χ1n) is 8.16. The minimum atomic E-state index is 0.579. The second-order valence-corrected chi connectivity index (χ2v) is 5.80. The van der Waals surface area contributed by atoms with E-state index in [1.807, 2.05) is 24.3 Å². The van der Waals surface area contributed by atoms with Crippen molar-refractivity contribution in [3.8, 4) is 16.9 Å². The summed E-state index contributed by atoms with van der Waals surface area (Å²) in [5.41, 5.74) is 3.63. The van der Waals surface area contributed by atoms with Gasteiger partial charge in [-0.25, -0.2) is 0 Å². The van der Waals surface area contributed by atoms with Crippen molar-refractivity contribution < 1.29 is 4.74 Å². The van der Waals surface area contributed by atoms with E-state index in [2.05, 4.69) is 72.8 Å². The van der Waals surface area contributed by atoms with Crippen molar-refractivity contribution in [3.63, 3.8) is 0 Å². The Balaban J connectivity index is 1.73. The van der Waals surface area contributed by atoms with Crippen molar-refractivity contribution in [2.24, 2.45) is 0 Å². The Morgan fingerprint density at radius 1 is 0.542 bits per heavy atom. The molecule has 0 saturated heterocycles. The van der Waals surface area contributed by atoms with E-state index in [9.17, 15) is 0 Å². The van der Waals surface area contributed by atoms with Crippen molar-refractivity contribution >= 4 is 10.8 Å².